The lowest BCUT2D eigenvalue weighted by molar-refractivity contribution is -0.167. The van der Waals surface area contributed by atoms with E-state index in [4.69, 9.17) is 14.2 Å². The molecule has 0 unspecified atom stereocenters. The Labute approximate surface area is 414 Å². The van der Waals surface area contributed by atoms with E-state index in [1.165, 1.54) is 135 Å². The van der Waals surface area contributed by atoms with E-state index in [2.05, 4.69) is 106 Å². The average Bonchev–Trinajstić information content (AvgIpc) is 3.33. The summed E-state index contributed by atoms with van der Waals surface area (Å²) in [5.74, 6) is -0.999. The highest BCUT2D eigenvalue weighted by Crippen LogP contribution is 2.15. The predicted molar refractivity (Wildman–Crippen MR) is 288 cm³/mol. The number of hydrogen-bond donors (Lipinski definition) is 0. The van der Waals surface area contributed by atoms with E-state index in [0.29, 0.717) is 19.3 Å². The third kappa shape index (κ3) is 53.4. The molecule has 0 aromatic rings. The first-order valence-corrected chi connectivity index (χ1v) is 28.1. The van der Waals surface area contributed by atoms with Crippen molar-refractivity contribution in [1.29, 1.82) is 0 Å². The summed E-state index contributed by atoms with van der Waals surface area (Å²) < 4.78 is 16.8. The molecule has 0 aromatic carbocycles. The number of allylic oxidation sites excluding steroid dienone is 14. The van der Waals surface area contributed by atoms with E-state index in [9.17, 15) is 14.4 Å². The molecule has 0 heterocycles. The van der Waals surface area contributed by atoms with E-state index >= 15 is 0 Å². The lowest BCUT2D eigenvalue weighted by Crippen LogP contribution is -2.30. The van der Waals surface area contributed by atoms with Gasteiger partial charge in [0, 0.05) is 19.3 Å². The topological polar surface area (TPSA) is 78.9 Å². The molecule has 384 valence electrons. The highest BCUT2D eigenvalue weighted by Gasteiger charge is 2.19. The quantitative estimate of drug-likeness (QED) is 0.0262. The van der Waals surface area contributed by atoms with E-state index in [0.717, 1.165) is 77.0 Å². The van der Waals surface area contributed by atoms with Crippen LogP contribution in [0.1, 0.15) is 265 Å². The molecule has 1 atom stereocenters. The lowest BCUT2D eigenvalue weighted by atomic mass is 10.0. The molecule has 67 heavy (non-hydrogen) atoms. The van der Waals surface area contributed by atoms with Crippen LogP contribution in [0.2, 0.25) is 0 Å². The van der Waals surface area contributed by atoms with Crippen LogP contribution in [-0.2, 0) is 28.6 Å². The monoisotopic (exact) mass is 933 g/mol. The molecule has 0 spiro atoms. The summed E-state index contributed by atoms with van der Waals surface area (Å²) in [4.78, 5) is 38.1. The van der Waals surface area contributed by atoms with E-state index in [1.807, 2.05) is 0 Å². The van der Waals surface area contributed by atoms with Gasteiger partial charge in [0.2, 0.25) is 0 Å². The van der Waals surface area contributed by atoms with Crippen molar-refractivity contribution >= 4 is 17.9 Å². The molecule has 0 saturated carbocycles. The Morgan fingerprint density at radius 2 is 0.597 bits per heavy atom. The largest absolute Gasteiger partial charge is 0.462 e. The second kappa shape index (κ2) is 55.2. The Hall–Kier alpha value is -3.41. The van der Waals surface area contributed by atoms with E-state index in [1.54, 1.807) is 0 Å². The molecule has 0 rings (SSSR count). The van der Waals surface area contributed by atoms with Crippen molar-refractivity contribution in [3.63, 3.8) is 0 Å². The molecular weight excluding hydrogens is 829 g/mol. The van der Waals surface area contributed by atoms with Crippen molar-refractivity contribution in [3.8, 4) is 0 Å². The number of ether oxygens (including phenoxy) is 3. The minimum absolute atomic E-state index is 0.107. The maximum Gasteiger partial charge on any atom is 0.306 e. The van der Waals surface area contributed by atoms with Crippen LogP contribution >= 0.6 is 0 Å². The van der Waals surface area contributed by atoms with Gasteiger partial charge in [-0.1, -0.05) is 241 Å². The van der Waals surface area contributed by atoms with Crippen LogP contribution < -0.4 is 0 Å². The molecule has 0 radical (unpaired) electrons. The second-order valence-corrected chi connectivity index (χ2v) is 18.5. The first kappa shape index (κ1) is 63.6. The van der Waals surface area contributed by atoms with Gasteiger partial charge in [0.25, 0.3) is 0 Å². The van der Waals surface area contributed by atoms with Gasteiger partial charge in [-0.15, -0.1) is 0 Å². The molecule has 6 heteroatoms. The first-order chi connectivity index (χ1) is 33.0. The number of carbonyl (C=O) groups excluding carboxylic acids is 3. The average molecular weight is 933 g/mol. The fraction of sp³-hybridized carbons (Fsp3) is 0.721. The van der Waals surface area contributed by atoms with Crippen LogP contribution in [0.3, 0.4) is 0 Å². The van der Waals surface area contributed by atoms with Gasteiger partial charge in [0.15, 0.2) is 6.10 Å². The molecule has 0 fully saturated rings. The van der Waals surface area contributed by atoms with E-state index in [-0.39, 0.29) is 44.0 Å². The summed E-state index contributed by atoms with van der Waals surface area (Å²) in [7, 11) is 0. The summed E-state index contributed by atoms with van der Waals surface area (Å²) >= 11 is 0. The van der Waals surface area contributed by atoms with Crippen LogP contribution in [-0.4, -0.2) is 37.2 Å². The Morgan fingerprint density at radius 1 is 0.313 bits per heavy atom. The summed E-state index contributed by atoms with van der Waals surface area (Å²) in [6, 6.07) is 0. The molecule has 0 N–H and O–H groups in total. The highest BCUT2D eigenvalue weighted by molar-refractivity contribution is 5.71. The summed E-state index contributed by atoms with van der Waals surface area (Å²) in [6.45, 7) is 6.45. The molecule has 0 aliphatic heterocycles. The smallest absolute Gasteiger partial charge is 0.306 e. The number of hydrogen-bond acceptors (Lipinski definition) is 6. The SMILES string of the molecule is CC/C=C\C/C=C\C/C=C\C/C=C\CCCCC(=O)O[C@H](COC(=O)CCC/C=C\C/C=C\C/C=C\CCCCCCCC)COC(=O)CCCCCCCCCCCCCCCCCCC. The van der Waals surface area contributed by atoms with Gasteiger partial charge in [-0.2, -0.15) is 0 Å². The normalized spacial score (nSPS) is 12.7. The minimum Gasteiger partial charge on any atom is -0.462 e. The Kier molecular flexibility index (Phi) is 52.4. The van der Waals surface area contributed by atoms with Gasteiger partial charge < -0.3 is 14.2 Å². The van der Waals surface area contributed by atoms with Gasteiger partial charge >= 0.3 is 17.9 Å². The Morgan fingerprint density at radius 3 is 1.00 bits per heavy atom. The van der Waals surface area contributed by atoms with Gasteiger partial charge in [-0.25, -0.2) is 0 Å². The molecule has 0 amide bonds. The number of esters is 3. The van der Waals surface area contributed by atoms with E-state index < -0.39 is 6.10 Å². The molecular formula is C61H104O6. The lowest BCUT2D eigenvalue weighted by Gasteiger charge is -2.18. The van der Waals surface area contributed by atoms with Crippen molar-refractivity contribution in [1.82, 2.24) is 0 Å². The van der Waals surface area contributed by atoms with Crippen LogP contribution in [0.5, 0.6) is 0 Å². The number of unbranched alkanes of at least 4 members (excludes halogenated alkanes) is 25. The van der Waals surface area contributed by atoms with Crippen molar-refractivity contribution in [2.45, 2.75) is 271 Å². The fourth-order valence-electron chi connectivity index (χ4n) is 7.68. The van der Waals surface area contributed by atoms with Crippen LogP contribution in [0.4, 0.5) is 0 Å². The maximum absolute atomic E-state index is 12.8. The number of rotatable bonds is 50. The maximum atomic E-state index is 12.8. The summed E-state index contributed by atoms with van der Waals surface area (Å²) in [5.41, 5.74) is 0. The minimum atomic E-state index is -0.817. The predicted octanol–water partition coefficient (Wildman–Crippen LogP) is 18.8. The van der Waals surface area contributed by atoms with Crippen molar-refractivity contribution < 1.29 is 28.6 Å². The summed E-state index contributed by atoms with van der Waals surface area (Å²) in [5, 5.41) is 0. The zero-order valence-electron chi connectivity index (χ0n) is 43.9. The molecule has 0 bridgehead atoms. The molecule has 0 aromatic heterocycles. The Balaban J connectivity index is 4.49. The molecule has 6 nitrogen and oxygen atoms in total. The van der Waals surface area contributed by atoms with Crippen molar-refractivity contribution in [3.05, 3.63) is 85.1 Å². The second-order valence-electron chi connectivity index (χ2n) is 18.5. The van der Waals surface area contributed by atoms with Crippen LogP contribution in [0.15, 0.2) is 85.1 Å². The summed E-state index contributed by atoms with van der Waals surface area (Å²) in [6.07, 6.45) is 71.5. The number of carbonyl (C=O) groups is 3. The van der Waals surface area contributed by atoms with Gasteiger partial charge in [0.05, 0.1) is 0 Å². The third-order valence-electron chi connectivity index (χ3n) is 11.9. The van der Waals surface area contributed by atoms with Crippen LogP contribution in [0, 0.1) is 0 Å². The molecule has 0 aliphatic rings. The Bertz CT molecular complexity index is 1300. The van der Waals surface area contributed by atoms with Gasteiger partial charge in [-0.3, -0.25) is 14.4 Å². The van der Waals surface area contributed by atoms with Crippen LogP contribution in [0.25, 0.3) is 0 Å². The zero-order chi connectivity index (χ0) is 48.6. The van der Waals surface area contributed by atoms with Gasteiger partial charge in [-0.05, 0) is 89.9 Å². The van der Waals surface area contributed by atoms with Crippen molar-refractivity contribution in [2.75, 3.05) is 13.2 Å². The fourth-order valence-corrected chi connectivity index (χ4v) is 7.68. The highest BCUT2D eigenvalue weighted by atomic mass is 16.6. The standard InChI is InChI=1S/C61H104O6/c1-4-7-10-13-16-19-22-25-28-30-33-35-38-41-44-47-50-53-59(62)65-56-58(67-61(64)55-52-49-46-43-40-37-32-27-24-21-18-15-12-9-6-3)57-66-60(63)54-51-48-45-42-39-36-34-31-29-26-23-20-17-14-11-8-5-2/h9,12,18,21,25,27-28,32-33,35,40-41,43-44,58H,4-8,10-11,13-17,19-20,22-24,26,29-31,34,36-39,42,45-57H2,1-3H3/b12-9-,21-18-,28-25-,32-27-,35-33-,43-40-,44-41-/t58-/m1/s1. The molecule has 0 aliphatic carbocycles. The third-order valence-corrected chi connectivity index (χ3v) is 11.9. The first-order valence-electron chi connectivity index (χ1n) is 28.1. The zero-order valence-corrected chi connectivity index (χ0v) is 43.9. The molecule has 0 saturated heterocycles. The van der Waals surface area contributed by atoms with Crippen molar-refractivity contribution in [2.24, 2.45) is 0 Å². The van der Waals surface area contributed by atoms with Gasteiger partial charge in [0.1, 0.15) is 13.2 Å².